The fourth-order valence-corrected chi connectivity index (χ4v) is 2.09. The van der Waals surface area contributed by atoms with Crippen molar-refractivity contribution in [1.82, 2.24) is 10.3 Å². The number of pyridine rings is 1. The zero-order valence-corrected chi connectivity index (χ0v) is 12.0. The molecule has 1 atom stereocenters. The molecule has 5 heteroatoms. The molecule has 0 aliphatic carbocycles. The molecule has 2 heterocycles. The molecule has 0 radical (unpaired) electrons. The van der Waals surface area contributed by atoms with E-state index in [1.165, 1.54) is 0 Å². The first kappa shape index (κ1) is 15.5. The molecule has 1 saturated heterocycles. The molecule has 0 aromatic carbocycles. The lowest BCUT2D eigenvalue weighted by atomic mass is 10.1. The van der Waals surface area contributed by atoms with Gasteiger partial charge in [0.15, 0.2) is 0 Å². The van der Waals surface area contributed by atoms with E-state index in [0.29, 0.717) is 18.7 Å². The summed E-state index contributed by atoms with van der Waals surface area (Å²) in [6.07, 6.45) is 5.36. The van der Waals surface area contributed by atoms with Crippen molar-refractivity contribution in [1.29, 1.82) is 0 Å². The van der Waals surface area contributed by atoms with Crippen LogP contribution in [-0.2, 0) is 4.74 Å². The molecule has 1 amide bonds. The third-order valence-corrected chi connectivity index (χ3v) is 3.23. The van der Waals surface area contributed by atoms with Crippen molar-refractivity contribution in [3.8, 4) is 11.8 Å². The topological polar surface area (TPSA) is 71.5 Å². The Kier molecular flexibility index (Phi) is 6.20. The van der Waals surface area contributed by atoms with E-state index in [0.717, 1.165) is 31.4 Å². The number of nitrogens with zero attached hydrogens (tertiary/aromatic N) is 1. The van der Waals surface area contributed by atoms with Crippen LogP contribution < -0.4 is 5.32 Å². The van der Waals surface area contributed by atoms with Gasteiger partial charge in [-0.05, 0) is 31.4 Å². The summed E-state index contributed by atoms with van der Waals surface area (Å²) in [6, 6.07) is 3.41. The number of aliphatic hydroxyl groups is 1. The van der Waals surface area contributed by atoms with Gasteiger partial charge in [0.1, 0.15) is 5.69 Å². The van der Waals surface area contributed by atoms with E-state index < -0.39 is 0 Å². The van der Waals surface area contributed by atoms with E-state index in [1.54, 1.807) is 18.3 Å². The number of carbonyl (C=O) groups is 1. The Bertz CT molecular complexity index is 511. The molecular weight excluding hydrogens is 268 g/mol. The Morgan fingerprint density at radius 1 is 1.48 bits per heavy atom. The molecular formula is C16H20N2O3. The van der Waals surface area contributed by atoms with Gasteiger partial charge in [-0.1, -0.05) is 11.8 Å². The van der Waals surface area contributed by atoms with Crippen LogP contribution in [0.2, 0.25) is 0 Å². The van der Waals surface area contributed by atoms with Gasteiger partial charge in [0.05, 0.1) is 12.7 Å². The maximum absolute atomic E-state index is 12.0. The molecule has 1 aliphatic rings. The van der Waals surface area contributed by atoms with Gasteiger partial charge in [-0.15, -0.1) is 0 Å². The summed E-state index contributed by atoms with van der Waals surface area (Å²) < 4.78 is 5.56. The zero-order valence-electron chi connectivity index (χ0n) is 12.0. The highest BCUT2D eigenvalue weighted by Crippen LogP contribution is 2.11. The monoisotopic (exact) mass is 288 g/mol. The SMILES string of the molecule is O=C(NCC1CCCCO1)c1ccc(C#CCCO)cn1. The number of hydrogen-bond donors (Lipinski definition) is 2. The maximum atomic E-state index is 12.0. The second-order valence-corrected chi connectivity index (χ2v) is 4.91. The van der Waals surface area contributed by atoms with Crippen LogP contribution in [0, 0.1) is 11.8 Å². The number of rotatable bonds is 4. The molecule has 2 rings (SSSR count). The predicted molar refractivity (Wildman–Crippen MR) is 78.7 cm³/mol. The van der Waals surface area contributed by atoms with Crippen molar-refractivity contribution in [3.63, 3.8) is 0 Å². The molecule has 5 nitrogen and oxygen atoms in total. The second-order valence-electron chi connectivity index (χ2n) is 4.91. The fourth-order valence-electron chi connectivity index (χ4n) is 2.09. The molecule has 21 heavy (non-hydrogen) atoms. The number of nitrogens with one attached hydrogen (secondary N) is 1. The Labute approximate surface area is 124 Å². The summed E-state index contributed by atoms with van der Waals surface area (Å²) in [5.41, 5.74) is 1.11. The summed E-state index contributed by atoms with van der Waals surface area (Å²) in [5.74, 6) is 5.49. The molecule has 1 aromatic heterocycles. The highest BCUT2D eigenvalue weighted by molar-refractivity contribution is 5.92. The highest BCUT2D eigenvalue weighted by atomic mass is 16.5. The Balaban J connectivity index is 1.83. The second kappa shape index (κ2) is 8.40. The van der Waals surface area contributed by atoms with Crippen LogP contribution in [0.25, 0.3) is 0 Å². The number of carbonyl (C=O) groups excluding carboxylic acids is 1. The van der Waals surface area contributed by atoms with Crippen molar-refractivity contribution in [2.75, 3.05) is 19.8 Å². The maximum Gasteiger partial charge on any atom is 0.269 e. The highest BCUT2D eigenvalue weighted by Gasteiger charge is 2.15. The molecule has 112 valence electrons. The third-order valence-electron chi connectivity index (χ3n) is 3.23. The lowest BCUT2D eigenvalue weighted by Crippen LogP contribution is -2.35. The Morgan fingerprint density at radius 2 is 2.38 bits per heavy atom. The standard InChI is InChI=1S/C16H20N2O3/c19-9-3-1-5-13-7-8-15(17-11-13)16(20)18-12-14-6-2-4-10-21-14/h7-8,11,14,19H,2-4,6,9-10,12H2,(H,18,20). The third kappa shape index (κ3) is 5.18. The minimum Gasteiger partial charge on any atom is -0.395 e. The fraction of sp³-hybridized carbons (Fsp3) is 0.500. The van der Waals surface area contributed by atoms with Crippen LogP contribution >= 0.6 is 0 Å². The Hall–Kier alpha value is -1.90. The summed E-state index contributed by atoms with van der Waals surface area (Å²) in [5, 5.41) is 11.5. The first-order chi connectivity index (χ1) is 10.3. The zero-order chi connectivity index (χ0) is 14.9. The van der Waals surface area contributed by atoms with Crippen LogP contribution in [-0.4, -0.2) is 41.9 Å². The van der Waals surface area contributed by atoms with E-state index in [4.69, 9.17) is 9.84 Å². The van der Waals surface area contributed by atoms with E-state index >= 15 is 0 Å². The largest absolute Gasteiger partial charge is 0.395 e. The smallest absolute Gasteiger partial charge is 0.269 e. The van der Waals surface area contributed by atoms with Gasteiger partial charge in [0.2, 0.25) is 0 Å². The number of ether oxygens (including phenoxy) is 1. The minimum absolute atomic E-state index is 0.0458. The molecule has 0 saturated carbocycles. The summed E-state index contributed by atoms with van der Waals surface area (Å²) in [6.45, 7) is 1.35. The molecule has 0 spiro atoms. The number of aromatic nitrogens is 1. The van der Waals surface area contributed by atoms with Crippen molar-refractivity contribution in [3.05, 3.63) is 29.6 Å². The lowest BCUT2D eigenvalue weighted by molar-refractivity contribution is 0.0168. The minimum atomic E-state index is -0.195. The molecule has 1 unspecified atom stereocenters. The van der Waals surface area contributed by atoms with Crippen molar-refractivity contribution in [2.45, 2.75) is 31.8 Å². The van der Waals surface area contributed by atoms with Crippen molar-refractivity contribution < 1.29 is 14.6 Å². The summed E-state index contributed by atoms with van der Waals surface area (Å²) in [7, 11) is 0. The predicted octanol–water partition coefficient (Wildman–Crippen LogP) is 1.11. The van der Waals surface area contributed by atoms with E-state index in [-0.39, 0.29) is 18.6 Å². The van der Waals surface area contributed by atoms with Gasteiger partial charge in [0, 0.05) is 31.3 Å². The number of aliphatic hydroxyl groups excluding tert-OH is 1. The quantitative estimate of drug-likeness (QED) is 0.814. The van der Waals surface area contributed by atoms with Gasteiger partial charge in [-0.25, -0.2) is 4.98 Å². The molecule has 0 bridgehead atoms. The van der Waals surface area contributed by atoms with Crippen LogP contribution in [0.1, 0.15) is 41.7 Å². The lowest BCUT2D eigenvalue weighted by Gasteiger charge is -2.22. The van der Waals surface area contributed by atoms with E-state index in [1.807, 2.05) is 0 Å². The summed E-state index contributed by atoms with van der Waals surface area (Å²) >= 11 is 0. The van der Waals surface area contributed by atoms with E-state index in [2.05, 4.69) is 22.1 Å². The van der Waals surface area contributed by atoms with Crippen molar-refractivity contribution in [2.24, 2.45) is 0 Å². The molecule has 1 aromatic rings. The van der Waals surface area contributed by atoms with Crippen LogP contribution in [0.4, 0.5) is 0 Å². The van der Waals surface area contributed by atoms with Crippen LogP contribution in [0.15, 0.2) is 18.3 Å². The normalized spacial score (nSPS) is 17.7. The summed E-state index contributed by atoms with van der Waals surface area (Å²) in [4.78, 5) is 16.1. The van der Waals surface area contributed by atoms with E-state index in [9.17, 15) is 4.79 Å². The number of hydrogen-bond acceptors (Lipinski definition) is 4. The first-order valence-electron chi connectivity index (χ1n) is 7.25. The van der Waals surface area contributed by atoms with Gasteiger partial charge >= 0.3 is 0 Å². The first-order valence-corrected chi connectivity index (χ1v) is 7.25. The van der Waals surface area contributed by atoms with Crippen molar-refractivity contribution >= 4 is 5.91 Å². The van der Waals surface area contributed by atoms with Gasteiger partial charge in [0.25, 0.3) is 5.91 Å². The molecule has 1 aliphatic heterocycles. The average Bonchev–Trinajstić information content (AvgIpc) is 2.54. The average molecular weight is 288 g/mol. The Morgan fingerprint density at radius 3 is 3.05 bits per heavy atom. The van der Waals surface area contributed by atoms with Gasteiger partial charge in [-0.2, -0.15) is 0 Å². The van der Waals surface area contributed by atoms with Gasteiger partial charge < -0.3 is 15.2 Å². The van der Waals surface area contributed by atoms with Crippen LogP contribution in [0.3, 0.4) is 0 Å². The molecule has 2 N–H and O–H groups in total. The van der Waals surface area contributed by atoms with Crippen LogP contribution in [0.5, 0.6) is 0 Å². The molecule has 1 fully saturated rings. The number of amides is 1. The van der Waals surface area contributed by atoms with Gasteiger partial charge in [-0.3, -0.25) is 4.79 Å².